The maximum atomic E-state index is 12.0. The molecule has 0 unspecified atom stereocenters. The molecule has 26 heavy (non-hydrogen) atoms. The number of fused-ring (bicyclic) bond motifs is 1. The second-order valence-electron chi connectivity index (χ2n) is 7.58. The molecule has 2 heterocycles. The quantitative estimate of drug-likeness (QED) is 0.885. The molecule has 1 aromatic heterocycles. The number of para-hydroxylation sites is 1. The van der Waals surface area contributed by atoms with Crippen LogP contribution < -0.4 is 10.1 Å². The lowest BCUT2D eigenvalue weighted by Crippen LogP contribution is -2.35. The van der Waals surface area contributed by atoms with Crippen LogP contribution in [0.4, 0.5) is 4.79 Å². The molecule has 1 N–H and O–H groups in total. The number of rotatable bonds is 3. The van der Waals surface area contributed by atoms with E-state index in [2.05, 4.69) is 28.5 Å². The van der Waals surface area contributed by atoms with Gasteiger partial charge in [-0.15, -0.1) is 0 Å². The normalized spacial score (nSPS) is 16.4. The van der Waals surface area contributed by atoms with E-state index in [1.807, 2.05) is 39.8 Å². The summed E-state index contributed by atoms with van der Waals surface area (Å²) in [6, 6.07) is 10.2. The summed E-state index contributed by atoms with van der Waals surface area (Å²) in [4.78, 5) is 16.4. The third kappa shape index (κ3) is 4.15. The van der Waals surface area contributed by atoms with Crippen molar-refractivity contribution in [1.29, 1.82) is 0 Å². The van der Waals surface area contributed by atoms with Gasteiger partial charge in [0.2, 0.25) is 0 Å². The lowest BCUT2D eigenvalue weighted by molar-refractivity contribution is 0.0521. The molecular formula is C21H26N2O3. The van der Waals surface area contributed by atoms with Crippen molar-refractivity contribution in [3.8, 4) is 16.9 Å². The number of carbonyl (C=O) groups excluding carboxylic acids is 1. The zero-order valence-corrected chi connectivity index (χ0v) is 15.8. The molecule has 0 saturated heterocycles. The molecule has 1 aliphatic heterocycles. The second-order valence-corrected chi connectivity index (χ2v) is 7.58. The van der Waals surface area contributed by atoms with Crippen molar-refractivity contribution in [2.45, 2.75) is 45.6 Å². The Morgan fingerprint density at radius 1 is 1.27 bits per heavy atom. The Hall–Kier alpha value is -2.56. The number of benzene rings is 1. The number of alkyl carbamates (subject to hydrolysis) is 1. The second kappa shape index (κ2) is 7.36. The fourth-order valence-electron chi connectivity index (χ4n) is 3.21. The van der Waals surface area contributed by atoms with E-state index in [1.165, 1.54) is 0 Å². The number of ether oxygens (including phenoxy) is 2. The molecular weight excluding hydrogens is 328 g/mol. The zero-order chi connectivity index (χ0) is 18.7. The maximum Gasteiger partial charge on any atom is 0.407 e. The van der Waals surface area contributed by atoms with Crippen LogP contribution in [-0.4, -0.2) is 29.8 Å². The molecule has 5 nitrogen and oxygen atoms in total. The molecule has 0 spiro atoms. The van der Waals surface area contributed by atoms with Gasteiger partial charge >= 0.3 is 6.09 Å². The summed E-state index contributed by atoms with van der Waals surface area (Å²) in [5.74, 6) is 1.09. The summed E-state index contributed by atoms with van der Waals surface area (Å²) < 4.78 is 11.3. The van der Waals surface area contributed by atoms with Gasteiger partial charge in [-0.2, -0.15) is 0 Å². The van der Waals surface area contributed by atoms with E-state index in [0.29, 0.717) is 13.2 Å². The SMILES string of the molecule is Cc1ncccc1-c1cccc2c1OCC[C@H]2CNC(=O)OC(C)(C)C. The molecule has 0 aliphatic carbocycles. The smallest absolute Gasteiger partial charge is 0.407 e. The van der Waals surface area contributed by atoms with Gasteiger partial charge in [-0.3, -0.25) is 4.98 Å². The van der Waals surface area contributed by atoms with Gasteiger partial charge in [-0.25, -0.2) is 4.79 Å². The van der Waals surface area contributed by atoms with E-state index >= 15 is 0 Å². The van der Waals surface area contributed by atoms with Crippen LogP contribution in [0, 0.1) is 6.92 Å². The molecule has 1 amide bonds. The maximum absolute atomic E-state index is 12.0. The Kier molecular flexibility index (Phi) is 5.16. The van der Waals surface area contributed by atoms with Crippen LogP contribution in [0.5, 0.6) is 5.75 Å². The minimum atomic E-state index is -0.497. The monoisotopic (exact) mass is 354 g/mol. The Bertz CT molecular complexity index is 796. The molecule has 1 atom stereocenters. The number of aromatic nitrogens is 1. The topological polar surface area (TPSA) is 60.5 Å². The van der Waals surface area contributed by atoms with Crippen LogP contribution in [-0.2, 0) is 4.74 Å². The molecule has 0 fully saturated rings. The molecule has 2 aromatic rings. The average Bonchev–Trinajstić information content (AvgIpc) is 2.58. The first-order chi connectivity index (χ1) is 12.3. The number of nitrogens with one attached hydrogen (secondary N) is 1. The highest BCUT2D eigenvalue weighted by atomic mass is 16.6. The number of pyridine rings is 1. The van der Waals surface area contributed by atoms with Crippen molar-refractivity contribution in [3.63, 3.8) is 0 Å². The van der Waals surface area contributed by atoms with Gasteiger partial charge in [-0.1, -0.05) is 24.3 Å². The van der Waals surface area contributed by atoms with E-state index in [0.717, 1.165) is 34.6 Å². The number of nitrogens with zero attached hydrogens (tertiary/aromatic N) is 1. The van der Waals surface area contributed by atoms with Crippen LogP contribution in [0.25, 0.3) is 11.1 Å². The molecule has 3 rings (SSSR count). The van der Waals surface area contributed by atoms with Gasteiger partial charge in [0.25, 0.3) is 0 Å². The predicted octanol–water partition coefficient (Wildman–Crippen LogP) is 4.45. The Labute approximate surface area is 154 Å². The van der Waals surface area contributed by atoms with Crippen LogP contribution in [0.3, 0.4) is 0 Å². The van der Waals surface area contributed by atoms with Crippen LogP contribution in [0.15, 0.2) is 36.5 Å². The summed E-state index contributed by atoms with van der Waals surface area (Å²) in [7, 11) is 0. The highest BCUT2D eigenvalue weighted by Gasteiger charge is 2.26. The highest BCUT2D eigenvalue weighted by Crippen LogP contribution is 2.41. The first kappa shape index (κ1) is 18.2. The summed E-state index contributed by atoms with van der Waals surface area (Å²) in [6.45, 7) is 8.74. The molecule has 1 aliphatic rings. The van der Waals surface area contributed by atoms with Crippen molar-refractivity contribution in [1.82, 2.24) is 10.3 Å². The van der Waals surface area contributed by atoms with Crippen molar-refractivity contribution in [2.24, 2.45) is 0 Å². The van der Waals surface area contributed by atoms with Crippen LogP contribution >= 0.6 is 0 Å². The van der Waals surface area contributed by atoms with Crippen LogP contribution in [0.1, 0.15) is 44.4 Å². The molecule has 1 aromatic carbocycles. The van der Waals surface area contributed by atoms with Crippen molar-refractivity contribution >= 4 is 6.09 Å². The van der Waals surface area contributed by atoms with Crippen molar-refractivity contribution in [3.05, 3.63) is 47.8 Å². The first-order valence-corrected chi connectivity index (χ1v) is 9.00. The molecule has 5 heteroatoms. The molecule has 0 saturated carbocycles. The van der Waals surface area contributed by atoms with Crippen molar-refractivity contribution in [2.75, 3.05) is 13.2 Å². The number of hydrogen-bond acceptors (Lipinski definition) is 4. The van der Waals surface area contributed by atoms with E-state index < -0.39 is 5.60 Å². The van der Waals surface area contributed by atoms with E-state index in [4.69, 9.17) is 9.47 Å². The van der Waals surface area contributed by atoms with Gasteiger partial charge in [-0.05, 0) is 45.7 Å². The van der Waals surface area contributed by atoms with Crippen LogP contribution in [0.2, 0.25) is 0 Å². The lowest BCUT2D eigenvalue weighted by Gasteiger charge is -2.28. The largest absolute Gasteiger partial charge is 0.493 e. The van der Waals surface area contributed by atoms with E-state index in [9.17, 15) is 4.79 Å². The summed E-state index contributed by atoms with van der Waals surface area (Å²) >= 11 is 0. The number of aryl methyl sites for hydroxylation is 1. The number of hydrogen-bond donors (Lipinski definition) is 1. The molecule has 0 bridgehead atoms. The first-order valence-electron chi connectivity index (χ1n) is 9.00. The van der Waals surface area contributed by atoms with Gasteiger partial charge in [0.05, 0.1) is 6.61 Å². The fourth-order valence-corrected chi connectivity index (χ4v) is 3.21. The standard InChI is InChI=1S/C21H26N2O3/c1-14-16(9-6-11-22-14)18-8-5-7-17-15(10-12-25-19(17)18)13-23-20(24)26-21(2,3)4/h5-9,11,15H,10,12-13H2,1-4H3,(H,23,24)/t15-/m0/s1. The Morgan fingerprint density at radius 3 is 2.77 bits per heavy atom. The van der Waals surface area contributed by atoms with Gasteiger partial charge in [0, 0.05) is 35.5 Å². The van der Waals surface area contributed by atoms with Gasteiger partial charge in [0.15, 0.2) is 0 Å². The number of amides is 1. The summed E-state index contributed by atoms with van der Waals surface area (Å²) in [6.07, 6.45) is 2.27. The Morgan fingerprint density at radius 2 is 2.04 bits per heavy atom. The van der Waals surface area contributed by atoms with E-state index in [-0.39, 0.29) is 12.0 Å². The summed E-state index contributed by atoms with van der Waals surface area (Å²) in [5, 5.41) is 2.89. The highest BCUT2D eigenvalue weighted by molar-refractivity contribution is 5.74. The third-order valence-corrected chi connectivity index (χ3v) is 4.39. The van der Waals surface area contributed by atoms with Gasteiger partial charge < -0.3 is 14.8 Å². The van der Waals surface area contributed by atoms with Gasteiger partial charge in [0.1, 0.15) is 11.4 Å². The molecule has 138 valence electrons. The van der Waals surface area contributed by atoms with E-state index in [1.54, 1.807) is 6.20 Å². The lowest BCUT2D eigenvalue weighted by atomic mass is 9.89. The molecule has 0 radical (unpaired) electrons. The zero-order valence-electron chi connectivity index (χ0n) is 15.8. The number of carbonyl (C=O) groups is 1. The third-order valence-electron chi connectivity index (χ3n) is 4.39. The fraction of sp³-hybridized carbons (Fsp3) is 0.429. The predicted molar refractivity (Wildman–Crippen MR) is 101 cm³/mol. The minimum Gasteiger partial charge on any atom is -0.493 e. The van der Waals surface area contributed by atoms with Crippen molar-refractivity contribution < 1.29 is 14.3 Å². The Balaban J connectivity index is 1.82. The summed E-state index contributed by atoms with van der Waals surface area (Å²) in [5.41, 5.74) is 3.72. The minimum absolute atomic E-state index is 0.197. The average molecular weight is 354 g/mol.